The number of hydrogen-bond acceptors (Lipinski definition) is 2. The van der Waals surface area contributed by atoms with Crippen LogP contribution in [0.25, 0.3) is 0 Å². The summed E-state index contributed by atoms with van der Waals surface area (Å²) in [4.78, 5) is 14.6. The molecule has 2 aromatic carbocycles. The SMILES string of the molecule is O=C(NCc1ccccc1)N1CCNCC1CCCCc1ccc(F)cc1. The normalized spacial score (nSPS) is 16.9. The van der Waals surface area contributed by atoms with Gasteiger partial charge in [0, 0.05) is 32.2 Å². The summed E-state index contributed by atoms with van der Waals surface area (Å²) in [5.74, 6) is -0.191. The Morgan fingerprint density at radius 3 is 2.63 bits per heavy atom. The first-order valence-corrected chi connectivity index (χ1v) is 9.76. The molecule has 4 nitrogen and oxygen atoms in total. The molecule has 0 aliphatic carbocycles. The van der Waals surface area contributed by atoms with E-state index in [0.29, 0.717) is 6.54 Å². The Balaban J connectivity index is 1.43. The smallest absolute Gasteiger partial charge is 0.318 e. The quantitative estimate of drug-likeness (QED) is 0.731. The van der Waals surface area contributed by atoms with Gasteiger partial charge in [-0.2, -0.15) is 0 Å². The number of unbranched alkanes of at least 4 members (excludes halogenated alkanes) is 1. The molecule has 0 saturated carbocycles. The van der Waals surface area contributed by atoms with Crippen LogP contribution in [0.4, 0.5) is 9.18 Å². The second-order valence-electron chi connectivity index (χ2n) is 7.07. The highest BCUT2D eigenvalue weighted by molar-refractivity contribution is 5.74. The van der Waals surface area contributed by atoms with Gasteiger partial charge in [0.1, 0.15) is 5.82 Å². The zero-order valence-corrected chi connectivity index (χ0v) is 15.7. The van der Waals surface area contributed by atoms with E-state index >= 15 is 0 Å². The molecule has 0 aromatic heterocycles. The van der Waals surface area contributed by atoms with Crippen LogP contribution in [0, 0.1) is 5.82 Å². The minimum absolute atomic E-state index is 0.0175. The molecule has 0 radical (unpaired) electrons. The van der Waals surface area contributed by atoms with E-state index in [2.05, 4.69) is 10.6 Å². The molecule has 0 spiro atoms. The largest absolute Gasteiger partial charge is 0.334 e. The summed E-state index contributed by atoms with van der Waals surface area (Å²) in [6.45, 7) is 2.98. The van der Waals surface area contributed by atoms with E-state index in [-0.39, 0.29) is 17.9 Å². The third-order valence-electron chi connectivity index (χ3n) is 5.06. The van der Waals surface area contributed by atoms with Crippen molar-refractivity contribution < 1.29 is 9.18 Å². The number of nitrogens with zero attached hydrogens (tertiary/aromatic N) is 1. The van der Waals surface area contributed by atoms with E-state index < -0.39 is 0 Å². The third-order valence-corrected chi connectivity index (χ3v) is 5.06. The number of rotatable bonds is 7. The fourth-order valence-corrected chi connectivity index (χ4v) is 3.52. The van der Waals surface area contributed by atoms with Crippen molar-refractivity contribution in [2.75, 3.05) is 19.6 Å². The molecule has 3 rings (SSSR count). The summed E-state index contributed by atoms with van der Waals surface area (Å²) in [7, 11) is 0. The van der Waals surface area contributed by atoms with Gasteiger partial charge in [-0.15, -0.1) is 0 Å². The maximum Gasteiger partial charge on any atom is 0.318 e. The van der Waals surface area contributed by atoms with Gasteiger partial charge < -0.3 is 15.5 Å². The fraction of sp³-hybridized carbons (Fsp3) is 0.409. The first-order valence-electron chi connectivity index (χ1n) is 9.76. The second-order valence-corrected chi connectivity index (χ2v) is 7.07. The van der Waals surface area contributed by atoms with Crippen LogP contribution in [-0.4, -0.2) is 36.6 Å². The Morgan fingerprint density at radius 2 is 1.85 bits per heavy atom. The standard InChI is InChI=1S/C22H28FN3O/c23-20-12-10-18(11-13-20)6-4-5-9-21-17-24-14-15-26(21)22(27)25-16-19-7-2-1-3-8-19/h1-3,7-8,10-13,21,24H,4-6,9,14-17H2,(H,25,27). The van der Waals surface area contributed by atoms with Crippen LogP contribution in [0.3, 0.4) is 0 Å². The summed E-state index contributed by atoms with van der Waals surface area (Å²) in [6, 6.07) is 16.9. The number of nitrogens with one attached hydrogen (secondary N) is 2. The lowest BCUT2D eigenvalue weighted by Crippen LogP contribution is -2.56. The maximum absolute atomic E-state index is 13.0. The van der Waals surface area contributed by atoms with Gasteiger partial charge in [0.15, 0.2) is 0 Å². The lowest BCUT2D eigenvalue weighted by atomic mass is 10.0. The molecule has 1 aliphatic heterocycles. The van der Waals surface area contributed by atoms with Gasteiger partial charge in [-0.25, -0.2) is 9.18 Å². The van der Waals surface area contributed by atoms with Crippen LogP contribution in [0.5, 0.6) is 0 Å². The van der Waals surface area contributed by atoms with E-state index in [0.717, 1.165) is 56.4 Å². The van der Waals surface area contributed by atoms with Gasteiger partial charge in [-0.3, -0.25) is 0 Å². The van der Waals surface area contributed by atoms with Crippen molar-refractivity contribution in [3.63, 3.8) is 0 Å². The number of carbonyl (C=O) groups excluding carboxylic acids is 1. The summed E-state index contributed by atoms with van der Waals surface area (Å²) in [6.07, 6.45) is 4.02. The minimum atomic E-state index is -0.191. The Bertz CT molecular complexity index is 705. The number of urea groups is 1. The summed E-state index contributed by atoms with van der Waals surface area (Å²) >= 11 is 0. The summed E-state index contributed by atoms with van der Waals surface area (Å²) < 4.78 is 13.0. The lowest BCUT2D eigenvalue weighted by molar-refractivity contribution is 0.152. The Hall–Kier alpha value is -2.40. The fourth-order valence-electron chi connectivity index (χ4n) is 3.52. The molecular weight excluding hydrogens is 341 g/mol. The molecule has 1 saturated heterocycles. The van der Waals surface area contributed by atoms with Gasteiger partial charge in [-0.05, 0) is 42.5 Å². The molecule has 2 N–H and O–H groups in total. The van der Waals surface area contributed by atoms with Crippen LogP contribution in [-0.2, 0) is 13.0 Å². The molecule has 1 heterocycles. The van der Waals surface area contributed by atoms with Crippen molar-refractivity contribution in [1.82, 2.24) is 15.5 Å². The number of halogens is 1. The lowest BCUT2D eigenvalue weighted by Gasteiger charge is -2.36. The molecule has 5 heteroatoms. The average molecular weight is 369 g/mol. The topological polar surface area (TPSA) is 44.4 Å². The van der Waals surface area contributed by atoms with Crippen molar-refractivity contribution in [1.29, 1.82) is 0 Å². The van der Waals surface area contributed by atoms with E-state index in [1.54, 1.807) is 0 Å². The number of aryl methyl sites for hydroxylation is 1. The van der Waals surface area contributed by atoms with Crippen molar-refractivity contribution in [2.45, 2.75) is 38.3 Å². The van der Waals surface area contributed by atoms with Crippen LogP contribution < -0.4 is 10.6 Å². The maximum atomic E-state index is 13.0. The molecule has 0 bridgehead atoms. The predicted molar refractivity (Wildman–Crippen MR) is 106 cm³/mol. The van der Waals surface area contributed by atoms with E-state index in [4.69, 9.17) is 0 Å². The first kappa shape index (κ1) is 19.4. The summed E-state index contributed by atoms with van der Waals surface area (Å²) in [5.41, 5.74) is 2.27. The van der Waals surface area contributed by atoms with Gasteiger partial charge in [0.25, 0.3) is 0 Å². The number of amides is 2. The molecule has 1 fully saturated rings. The molecule has 144 valence electrons. The van der Waals surface area contributed by atoms with Crippen molar-refractivity contribution in [3.8, 4) is 0 Å². The number of benzene rings is 2. The predicted octanol–water partition coefficient (Wildman–Crippen LogP) is 3.72. The highest BCUT2D eigenvalue weighted by atomic mass is 19.1. The van der Waals surface area contributed by atoms with Crippen molar-refractivity contribution >= 4 is 6.03 Å². The molecule has 1 atom stereocenters. The van der Waals surface area contributed by atoms with E-state index in [1.165, 1.54) is 12.1 Å². The monoisotopic (exact) mass is 369 g/mol. The number of hydrogen-bond donors (Lipinski definition) is 2. The van der Waals surface area contributed by atoms with E-state index in [9.17, 15) is 9.18 Å². The van der Waals surface area contributed by atoms with Gasteiger partial charge in [-0.1, -0.05) is 48.9 Å². The van der Waals surface area contributed by atoms with Crippen molar-refractivity contribution in [3.05, 3.63) is 71.5 Å². The molecule has 2 aromatic rings. The second kappa shape index (κ2) is 10.1. The molecule has 2 amide bonds. The minimum Gasteiger partial charge on any atom is -0.334 e. The molecular formula is C22H28FN3O. The van der Waals surface area contributed by atoms with Crippen molar-refractivity contribution in [2.24, 2.45) is 0 Å². The van der Waals surface area contributed by atoms with Crippen LogP contribution >= 0.6 is 0 Å². The highest BCUT2D eigenvalue weighted by Crippen LogP contribution is 2.14. The van der Waals surface area contributed by atoms with Crippen LogP contribution in [0.2, 0.25) is 0 Å². The highest BCUT2D eigenvalue weighted by Gasteiger charge is 2.25. The summed E-state index contributed by atoms with van der Waals surface area (Å²) in [5, 5.41) is 6.44. The van der Waals surface area contributed by atoms with Gasteiger partial charge in [0.05, 0.1) is 0 Å². The Kier molecular flexibility index (Phi) is 7.22. The Labute approximate surface area is 160 Å². The van der Waals surface area contributed by atoms with Gasteiger partial charge >= 0.3 is 6.03 Å². The van der Waals surface area contributed by atoms with Gasteiger partial charge in [0.2, 0.25) is 0 Å². The van der Waals surface area contributed by atoms with Crippen LogP contribution in [0.15, 0.2) is 54.6 Å². The third kappa shape index (κ3) is 6.07. The zero-order chi connectivity index (χ0) is 18.9. The number of piperazine rings is 1. The molecule has 1 aliphatic rings. The zero-order valence-electron chi connectivity index (χ0n) is 15.7. The average Bonchev–Trinajstić information content (AvgIpc) is 2.72. The van der Waals surface area contributed by atoms with E-state index in [1.807, 2.05) is 47.4 Å². The molecule has 1 unspecified atom stereocenters. The Morgan fingerprint density at radius 1 is 1.07 bits per heavy atom. The van der Waals surface area contributed by atoms with Crippen LogP contribution in [0.1, 0.15) is 30.4 Å². The molecule has 27 heavy (non-hydrogen) atoms. The first-order chi connectivity index (χ1) is 13.2. The number of carbonyl (C=O) groups is 1.